The fraction of sp³-hybridized carbons (Fsp3) is 0.439. The number of Topliss-reactive ketones (excluding diaryl/α,β-unsaturated/α-hetero) is 1. The van der Waals surface area contributed by atoms with Gasteiger partial charge >= 0.3 is 5.97 Å². The van der Waals surface area contributed by atoms with Crippen molar-refractivity contribution in [2.45, 2.75) is 103 Å². The fourth-order valence-electron chi connectivity index (χ4n) is 6.71. The van der Waals surface area contributed by atoms with Gasteiger partial charge in [0.25, 0.3) is 0 Å². The predicted molar refractivity (Wildman–Crippen MR) is 197 cm³/mol. The van der Waals surface area contributed by atoms with E-state index in [1.54, 1.807) is 0 Å². The Morgan fingerprint density at radius 1 is 0.878 bits per heavy atom. The summed E-state index contributed by atoms with van der Waals surface area (Å²) < 4.78 is 0. The molecule has 4 aromatic rings. The van der Waals surface area contributed by atoms with Crippen molar-refractivity contribution >= 4 is 29.0 Å². The van der Waals surface area contributed by atoms with E-state index in [0.717, 1.165) is 33.0 Å². The van der Waals surface area contributed by atoms with Gasteiger partial charge < -0.3 is 10.4 Å². The number of benzene rings is 2. The number of hydrogen-bond donors (Lipinski definition) is 2. The Balaban J connectivity index is 1.24. The van der Waals surface area contributed by atoms with E-state index >= 15 is 0 Å². The van der Waals surface area contributed by atoms with Crippen molar-refractivity contribution in [2.75, 3.05) is 0 Å². The van der Waals surface area contributed by atoms with Crippen LogP contribution in [0.3, 0.4) is 0 Å². The first-order chi connectivity index (χ1) is 23.4. The predicted octanol–water partition coefficient (Wildman–Crippen LogP) is 9.26. The summed E-state index contributed by atoms with van der Waals surface area (Å²) in [5, 5.41) is 11.9. The molecular weight excluding hydrogens is 631 g/mol. The van der Waals surface area contributed by atoms with Crippen LogP contribution >= 0.6 is 11.3 Å². The molecule has 0 unspecified atom stereocenters. The molecule has 1 fully saturated rings. The number of aliphatic carboxylic acids is 1. The van der Waals surface area contributed by atoms with E-state index in [4.69, 9.17) is 0 Å². The number of carboxylic acid groups (broad SMARTS) is 1. The molecule has 258 valence electrons. The Morgan fingerprint density at radius 3 is 2.08 bits per heavy atom. The second kappa shape index (κ2) is 16.0. The summed E-state index contributed by atoms with van der Waals surface area (Å²) in [6.45, 7) is 9.99. The van der Waals surface area contributed by atoms with Gasteiger partial charge in [-0.1, -0.05) is 89.1 Å². The first kappa shape index (κ1) is 36.1. The van der Waals surface area contributed by atoms with Crippen molar-refractivity contribution in [1.82, 2.24) is 15.3 Å². The molecule has 0 bridgehead atoms. The van der Waals surface area contributed by atoms with E-state index < -0.39 is 23.8 Å². The molecule has 0 radical (unpaired) electrons. The molecule has 49 heavy (non-hydrogen) atoms. The Morgan fingerprint density at radius 2 is 1.51 bits per heavy atom. The number of carboxylic acids is 1. The number of thiophene rings is 1. The molecular formula is C41H49N3O4S. The van der Waals surface area contributed by atoms with Gasteiger partial charge in [-0.3, -0.25) is 14.4 Å². The van der Waals surface area contributed by atoms with Crippen LogP contribution in [0.25, 0.3) is 22.5 Å². The second-order valence-electron chi connectivity index (χ2n) is 14.6. The molecule has 7 nitrogen and oxygen atoms in total. The topological polar surface area (TPSA) is 109 Å². The van der Waals surface area contributed by atoms with Gasteiger partial charge in [-0.15, -0.1) is 11.3 Å². The largest absolute Gasteiger partial charge is 0.480 e. The number of nitrogens with one attached hydrogen (secondary N) is 1. The molecule has 2 heterocycles. The van der Waals surface area contributed by atoms with Gasteiger partial charge in [-0.05, 0) is 85.1 Å². The van der Waals surface area contributed by atoms with E-state index in [2.05, 4.69) is 67.2 Å². The maximum absolute atomic E-state index is 13.3. The molecule has 1 aliphatic rings. The smallest absolute Gasteiger partial charge is 0.325 e. The van der Waals surface area contributed by atoms with Crippen LogP contribution < -0.4 is 5.32 Å². The molecule has 2 atom stereocenters. The lowest BCUT2D eigenvalue weighted by Gasteiger charge is -2.28. The van der Waals surface area contributed by atoms with Gasteiger partial charge in [0.15, 0.2) is 11.6 Å². The summed E-state index contributed by atoms with van der Waals surface area (Å²) in [6.07, 6.45) is 11.9. The fourth-order valence-corrected chi connectivity index (χ4v) is 7.72. The van der Waals surface area contributed by atoms with E-state index in [9.17, 15) is 19.5 Å². The average molecular weight is 680 g/mol. The second-order valence-corrected chi connectivity index (χ2v) is 15.7. The van der Waals surface area contributed by atoms with Gasteiger partial charge in [-0.25, -0.2) is 9.97 Å². The lowest BCUT2D eigenvalue weighted by molar-refractivity contribution is -0.141. The molecule has 2 aromatic carbocycles. The number of amides is 1. The van der Waals surface area contributed by atoms with Crippen LogP contribution in [0.2, 0.25) is 0 Å². The lowest BCUT2D eigenvalue weighted by Crippen LogP contribution is -2.42. The zero-order chi connectivity index (χ0) is 35.1. The highest BCUT2D eigenvalue weighted by Crippen LogP contribution is 2.38. The van der Waals surface area contributed by atoms with Gasteiger partial charge in [0.2, 0.25) is 5.91 Å². The van der Waals surface area contributed by atoms with Crippen molar-refractivity contribution in [3.8, 4) is 22.5 Å². The minimum absolute atomic E-state index is 0.0182. The molecule has 1 amide bonds. The Bertz CT molecular complexity index is 1710. The first-order valence-electron chi connectivity index (χ1n) is 17.6. The number of aromatic nitrogens is 2. The van der Waals surface area contributed by atoms with Crippen LogP contribution in [0, 0.1) is 11.8 Å². The molecule has 1 aliphatic carbocycles. The van der Waals surface area contributed by atoms with E-state index in [0.29, 0.717) is 16.6 Å². The Kier molecular flexibility index (Phi) is 11.8. The summed E-state index contributed by atoms with van der Waals surface area (Å²) in [6, 6.07) is 19.3. The maximum atomic E-state index is 13.3. The van der Waals surface area contributed by atoms with Gasteiger partial charge in [0, 0.05) is 40.7 Å². The normalized spacial score (nSPS) is 17.7. The van der Waals surface area contributed by atoms with Crippen molar-refractivity contribution in [2.24, 2.45) is 11.8 Å². The third-order valence-corrected chi connectivity index (χ3v) is 11.3. The van der Waals surface area contributed by atoms with E-state index in [1.165, 1.54) is 62.3 Å². The zero-order valence-electron chi connectivity index (χ0n) is 29.4. The molecule has 8 heteroatoms. The Hall–Kier alpha value is -4.17. The SMILES string of the molecule is CCCC1CCC(c2ccc(-c3cnc(-c4ccc(C[C@H](CC(=O)c5ccc(C(C)(C)C)s5)C(=O)N[C@H](C)C(=O)O)cc4)nc3)cc2)CC1. The number of hydrogen-bond acceptors (Lipinski definition) is 6. The summed E-state index contributed by atoms with van der Waals surface area (Å²) >= 11 is 1.44. The molecule has 2 N–H and O–H groups in total. The van der Waals surface area contributed by atoms with Crippen LogP contribution in [0.4, 0.5) is 0 Å². The number of ketones is 1. The van der Waals surface area contributed by atoms with Crippen LogP contribution in [0.1, 0.15) is 111 Å². The van der Waals surface area contributed by atoms with Crippen LogP contribution in [-0.4, -0.2) is 38.8 Å². The van der Waals surface area contributed by atoms with Gasteiger partial charge in [0.05, 0.1) is 4.88 Å². The third-order valence-electron chi connectivity index (χ3n) is 9.76. The average Bonchev–Trinajstić information content (AvgIpc) is 3.61. The summed E-state index contributed by atoms with van der Waals surface area (Å²) in [4.78, 5) is 48.9. The van der Waals surface area contributed by atoms with E-state index in [1.807, 2.05) is 48.8 Å². The quantitative estimate of drug-likeness (QED) is 0.136. The van der Waals surface area contributed by atoms with E-state index in [-0.39, 0.29) is 24.0 Å². The molecule has 0 saturated heterocycles. The van der Waals surface area contributed by atoms with Crippen molar-refractivity contribution in [3.05, 3.63) is 93.9 Å². The highest BCUT2D eigenvalue weighted by atomic mass is 32.1. The Labute approximate surface area is 294 Å². The van der Waals surface area contributed by atoms with Crippen molar-refractivity contribution in [1.29, 1.82) is 0 Å². The minimum atomic E-state index is -1.13. The van der Waals surface area contributed by atoms with Crippen LogP contribution in [0.5, 0.6) is 0 Å². The monoisotopic (exact) mass is 679 g/mol. The minimum Gasteiger partial charge on any atom is -0.480 e. The zero-order valence-corrected chi connectivity index (χ0v) is 30.2. The van der Waals surface area contributed by atoms with Gasteiger partial charge in [0.1, 0.15) is 6.04 Å². The highest BCUT2D eigenvalue weighted by molar-refractivity contribution is 7.14. The molecule has 0 spiro atoms. The summed E-state index contributed by atoms with van der Waals surface area (Å²) in [5.74, 6) is -0.270. The number of rotatable bonds is 13. The van der Waals surface area contributed by atoms with Crippen molar-refractivity contribution in [3.63, 3.8) is 0 Å². The molecule has 5 rings (SSSR count). The summed E-state index contributed by atoms with van der Waals surface area (Å²) in [5.41, 5.74) is 5.11. The molecule has 2 aromatic heterocycles. The van der Waals surface area contributed by atoms with Crippen LogP contribution in [-0.2, 0) is 21.4 Å². The number of carbonyl (C=O) groups excluding carboxylic acids is 2. The van der Waals surface area contributed by atoms with Gasteiger partial charge in [-0.2, -0.15) is 0 Å². The first-order valence-corrected chi connectivity index (χ1v) is 18.4. The lowest BCUT2D eigenvalue weighted by atomic mass is 9.77. The molecule has 0 aliphatic heterocycles. The number of carbonyl (C=O) groups is 3. The maximum Gasteiger partial charge on any atom is 0.325 e. The number of nitrogens with zero attached hydrogens (tertiary/aromatic N) is 2. The highest BCUT2D eigenvalue weighted by Gasteiger charge is 2.27. The van der Waals surface area contributed by atoms with Crippen molar-refractivity contribution < 1.29 is 19.5 Å². The third kappa shape index (κ3) is 9.50. The summed E-state index contributed by atoms with van der Waals surface area (Å²) in [7, 11) is 0. The molecule has 1 saturated carbocycles. The standard InChI is InChI=1S/C41H49N3O4S/c1-6-7-27-8-12-29(13-9-27)30-16-18-31(19-17-30)34-24-42-38(43-25-34)32-14-10-28(11-15-32)22-33(39(46)44-26(2)40(47)48)23-35(45)36-20-21-37(49-36)41(3,4)5/h10-11,14-21,24-27,29,33H,6-9,12-13,22-23H2,1-5H3,(H,44,46)(H,47,48)/t26-,27?,29?,33-/m1/s1. The van der Waals surface area contributed by atoms with Crippen LogP contribution in [0.15, 0.2) is 73.1 Å².